The first-order chi connectivity index (χ1) is 13.6. The molecule has 1 saturated carbocycles. The lowest BCUT2D eigenvalue weighted by molar-refractivity contribution is 0.102. The highest BCUT2D eigenvalue weighted by atomic mass is 32.2. The third-order valence-corrected chi connectivity index (χ3v) is 5.63. The summed E-state index contributed by atoms with van der Waals surface area (Å²) < 4.78 is 13.2. The second-order valence-corrected chi connectivity index (χ2v) is 7.87. The van der Waals surface area contributed by atoms with E-state index < -0.39 is 0 Å². The van der Waals surface area contributed by atoms with Crippen LogP contribution in [0.5, 0.6) is 5.75 Å². The van der Waals surface area contributed by atoms with Gasteiger partial charge in [0.15, 0.2) is 5.78 Å². The standard InChI is InChI=1S/C21H23N3O3S/c1-4-26-17-9-7-16(8-10-17)24-13(2)11-18(14(24)3)19(25)12-28-21-23-22-20(27-21)15-5-6-15/h7-11,15H,4-6,12H2,1-3H3. The highest BCUT2D eigenvalue weighted by Crippen LogP contribution is 2.39. The minimum Gasteiger partial charge on any atom is -0.494 e. The molecule has 7 heteroatoms. The molecule has 0 bridgehead atoms. The average molecular weight is 398 g/mol. The Morgan fingerprint density at radius 3 is 2.68 bits per heavy atom. The lowest BCUT2D eigenvalue weighted by Crippen LogP contribution is -2.05. The summed E-state index contributed by atoms with van der Waals surface area (Å²) >= 11 is 1.30. The van der Waals surface area contributed by atoms with Crippen LogP contribution in [0.3, 0.4) is 0 Å². The number of carbonyl (C=O) groups is 1. The Labute approximate surface area is 168 Å². The van der Waals surface area contributed by atoms with Crippen molar-refractivity contribution in [3.05, 3.63) is 53.2 Å². The van der Waals surface area contributed by atoms with Gasteiger partial charge in [0.2, 0.25) is 5.89 Å². The normalized spacial score (nSPS) is 13.7. The molecule has 0 atom stereocenters. The number of ether oxygens (including phenoxy) is 1. The molecule has 0 unspecified atom stereocenters. The maximum absolute atomic E-state index is 12.8. The second-order valence-electron chi connectivity index (χ2n) is 6.94. The van der Waals surface area contributed by atoms with Gasteiger partial charge in [-0.2, -0.15) is 0 Å². The Morgan fingerprint density at radius 1 is 1.25 bits per heavy atom. The summed E-state index contributed by atoms with van der Waals surface area (Å²) in [6.45, 7) is 6.58. The summed E-state index contributed by atoms with van der Waals surface area (Å²) in [5.74, 6) is 2.29. The van der Waals surface area contributed by atoms with Crippen molar-refractivity contribution in [2.24, 2.45) is 0 Å². The first kappa shape index (κ1) is 18.8. The van der Waals surface area contributed by atoms with Crippen LogP contribution in [-0.2, 0) is 0 Å². The first-order valence-corrected chi connectivity index (χ1v) is 10.5. The van der Waals surface area contributed by atoms with Crippen LogP contribution in [-0.4, -0.2) is 32.9 Å². The SMILES string of the molecule is CCOc1ccc(-n2c(C)cc(C(=O)CSc3nnc(C4CC4)o3)c2C)cc1. The van der Waals surface area contributed by atoms with Crippen LogP contribution in [0.25, 0.3) is 5.69 Å². The van der Waals surface area contributed by atoms with E-state index in [1.165, 1.54) is 11.8 Å². The monoisotopic (exact) mass is 397 g/mol. The lowest BCUT2D eigenvalue weighted by atomic mass is 10.2. The van der Waals surface area contributed by atoms with Gasteiger partial charge < -0.3 is 13.7 Å². The molecule has 4 rings (SSSR count). The van der Waals surface area contributed by atoms with Gasteiger partial charge in [-0.25, -0.2) is 0 Å². The van der Waals surface area contributed by atoms with Crippen molar-refractivity contribution < 1.29 is 13.9 Å². The Balaban J connectivity index is 1.48. The van der Waals surface area contributed by atoms with E-state index in [1.807, 2.05) is 51.1 Å². The molecule has 1 aliphatic rings. The Bertz CT molecular complexity index is 987. The summed E-state index contributed by atoms with van der Waals surface area (Å²) in [5, 5.41) is 8.57. The molecule has 0 saturated heterocycles. The van der Waals surface area contributed by atoms with E-state index in [2.05, 4.69) is 14.8 Å². The number of rotatable bonds is 8. The summed E-state index contributed by atoms with van der Waals surface area (Å²) in [6.07, 6.45) is 2.23. The second kappa shape index (κ2) is 7.83. The van der Waals surface area contributed by atoms with Crippen molar-refractivity contribution in [2.45, 2.75) is 44.8 Å². The maximum atomic E-state index is 12.8. The molecule has 28 heavy (non-hydrogen) atoms. The van der Waals surface area contributed by atoms with Crippen LogP contribution in [0.2, 0.25) is 0 Å². The molecule has 1 aromatic carbocycles. The maximum Gasteiger partial charge on any atom is 0.277 e. The van der Waals surface area contributed by atoms with E-state index >= 15 is 0 Å². The predicted molar refractivity (Wildman–Crippen MR) is 108 cm³/mol. The number of benzene rings is 1. The zero-order chi connectivity index (χ0) is 19.7. The number of hydrogen-bond acceptors (Lipinski definition) is 6. The summed E-state index contributed by atoms with van der Waals surface area (Å²) in [5.41, 5.74) is 3.68. The zero-order valence-corrected chi connectivity index (χ0v) is 17.1. The van der Waals surface area contributed by atoms with Crippen LogP contribution in [0.1, 0.15) is 53.3 Å². The fourth-order valence-electron chi connectivity index (χ4n) is 3.28. The third kappa shape index (κ3) is 3.85. The summed E-state index contributed by atoms with van der Waals surface area (Å²) in [6, 6.07) is 9.85. The Morgan fingerprint density at radius 2 is 2.00 bits per heavy atom. The van der Waals surface area contributed by atoms with Crippen LogP contribution in [0.15, 0.2) is 40.0 Å². The molecule has 1 aliphatic carbocycles. The predicted octanol–water partition coefficient (Wildman–Crippen LogP) is 4.73. The Kier molecular flexibility index (Phi) is 5.26. The van der Waals surface area contributed by atoms with E-state index in [-0.39, 0.29) is 11.5 Å². The van der Waals surface area contributed by atoms with Crippen molar-refractivity contribution >= 4 is 17.5 Å². The van der Waals surface area contributed by atoms with Gasteiger partial charge in [0, 0.05) is 28.6 Å². The molecule has 3 aromatic rings. The molecule has 6 nitrogen and oxygen atoms in total. The molecule has 2 aromatic heterocycles. The number of aryl methyl sites for hydroxylation is 1. The number of carbonyl (C=O) groups excluding carboxylic acids is 1. The van der Waals surface area contributed by atoms with Crippen molar-refractivity contribution in [2.75, 3.05) is 12.4 Å². The minimum atomic E-state index is 0.0569. The fraction of sp³-hybridized carbons (Fsp3) is 0.381. The summed E-state index contributed by atoms with van der Waals surface area (Å²) in [4.78, 5) is 12.8. The smallest absolute Gasteiger partial charge is 0.277 e. The first-order valence-electron chi connectivity index (χ1n) is 9.48. The van der Waals surface area contributed by atoms with Gasteiger partial charge in [-0.3, -0.25) is 4.79 Å². The topological polar surface area (TPSA) is 70.2 Å². The number of Topliss-reactive ketones (excluding diaryl/α,β-unsaturated/α-hetero) is 1. The number of aromatic nitrogens is 3. The highest BCUT2D eigenvalue weighted by molar-refractivity contribution is 7.99. The largest absolute Gasteiger partial charge is 0.494 e. The van der Waals surface area contributed by atoms with Gasteiger partial charge in [-0.05, 0) is 63.9 Å². The fourth-order valence-corrected chi connectivity index (χ4v) is 3.93. The van der Waals surface area contributed by atoms with Crippen molar-refractivity contribution in [3.63, 3.8) is 0 Å². The van der Waals surface area contributed by atoms with E-state index in [9.17, 15) is 4.79 Å². The van der Waals surface area contributed by atoms with Crippen LogP contribution in [0.4, 0.5) is 0 Å². The van der Waals surface area contributed by atoms with Crippen LogP contribution >= 0.6 is 11.8 Å². The quantitative estimate of drug-likeness (QED) is 0.404. The number of ketones is 1. The molecular weight excluding hydrogens is 374 g/mol. The van der Waals surface area contributed by atoms with Crippen molar-refractivity contribution in [1.82, 2.24) is 14.8 Å². The minimum absolute atomic E-state index is 0.0569. The third-order valence-electron chi connectivity index (χ3n) is 4.81. The molecule has 0 radical (unpaired) electrons. The van der Waals surface area contributed by atoms with E-state index in [0.29, 0.717) is 23.6 Å². The van der Waals surface area contributed by atoms with Gasteiger partial charge in [0.05, 0.1) is 12.4 Å². The number of nitrogens with zero attached hydrogens (tertiary/aromatic N) is 3. The Hall–Kier alpha value is -2.54. The van der Waals surface area contributed by atoms with Gasteiger partial charge in [0.1, 0.15) is 5.75 Å². The van der Waals surface area contributed by atoms with E-state index in [1.54, 1.807) is 0 Å². The van der Waals surface area contributed by atoms with Gasteiger partial charge in [0.25, 0.3) is 5.22 Å². The molecule has 0 amide bonds. The highest BCUT2D eigenvalue weighted by Gasteiger charge is 2.29. The van der Waals surface area contributed by atoms with Crippen LogP contribution in [0, 0.1) is 13.8 Å². The average Bonchev–Trinajstić information content (AvgIpc) is 3.36. The van der Waals surface area contributed by atoms with E-state index in [0.717, 1.165) is 41.2 Å². The molecule has 0 aliphatic heterocycles. The van der Waals surface area contributed by atoms with Gasteiger partial charge in [-0.1, -0.05) is 11.8 Å². The molecular formula is C21H23N3O3S. The number of hydrogen-bond donors (Lipinski definition) is 0. The van der Waals surface area contributed by atoms with Crippen LogP contribution < -0.4 is 4.74 Å². The van der Waals surface area contributed by atoms with Gasteiger partial charge >= 0.3 is 0 Å². The molecule has 146 valence electrons. The molecule has 2 heterocycles. The lowest BCUT2D eigenvalue weighted by Gasteiger charge is -2.11. The van der Waals surface area contributed by atoms with Crippen molar-refractivity contribution in [3.8, 4) is 11.4 Å². The summed E-state index contributed by atoms with van der Waals surface area (Å²) in [7, 11) is 0. The van der Waals surface area contributed by atoms with E-state index in [4.69, 9.17) is 9.15 Å². The van der Waals surface area contributed by atoms with Crippen molar-refractivity contribution in [1.29, 1.82) is 0 Å². The number of thioether (sulfide) groups is 1. The molecule has 0 spiro atoms. The zero-order valence-electron chi connectivity index (χ0n) is 16.3. The molecule has 0 N–H and O–H groups in total. The van der Waals surface area contributed by atoms with Gasteiger partial charge in [-0.15, -0.1) is 10.2 Å². The molecule has 1 fully saturated rings.